The molecule has 3 atom stereocenters. The lowest BCUT2D eigenvalue weighted by Crippen LogP contribution is -2.64. The van der Waals surface area contributed by atoms with E-state index in [1.54, 1.807) is 0 Å². The molecule has 2 heterocycles. The second-order valence-electron chi connectivity index (χ2n) is 10.4. The standard InChI is InChI=1S/C26H47N5.C2H6/c1-20(2)28-16-17-29(21(3)4)25(28)27-26-30(22(5)6)18-19-31(26)23(7)24-14-12-10-8-9-11-13-15-24;1-2/h12,14,16-27H,8-11,13,15H2,1-7H3;1-2H3/b14-12+;. The van der Waals surface area contributed by atoms with Gasteiger partial charge in [-0.2, -0.15) is 0 Å². The number of nitrogens with one attached hydrogen (secondary N) is 1. The summed E-state index contributed by atoms with van der Waals surface area (Å²) in [5.74, 6) is 0.600. The average Bonchev–Trinajstić information content (AvgIpc) is 3.42. The minimum atomic E-state index is 0.156. The first-order valence-corrected chi connectivity index (χ1v) is 13.7. The molecule has 3 rings (SSSR count). The third kappa shape index (κ3) is 6.94. The molecular formula is C28H53N5. The quantitative estimate of drug-likeness (QED) is 0.439. The summed E-state index contributed by atoms with van der Waals surface area (Å²) in [6, 6.07) is 1.79. The van der Waals surface area contributed by atoms with Gasteiger partial charge in [0.2, 0.25) is 0 Å². The number of hydrogen-bond acceptors (Lipinski definition) is 5. The minimum Gasteiger partial charge on any atom is -0.341 e. The van der Waals surface area contributed by atoms with E-state index >= 15 is 0 Å². The lowest BCUT2D eigenvalue weighted by molar-refractivity contribution is -0.0146. The van der Waals surface area contributed by atoms with Gasteiger partial charge in [0.05, 0.1) is 0 Å². The first-order valence-electron chi connectivity index (χ1n) is 13.7. The Bertz CT molecular complexity index is 620. The number of nitrogens with zero attached hydrogens (tertiary/aromatic N) is 4. The smallest absolute Gasteiger partial charge is 0.160 e. The third-order valence-electron chi connectivity index (χ3n) is 7.17. The van der Waals surface area contributed by atoms with Crippen molar-refractivity contribution in [2.24, 2.45) is 5.92 Å². The van der Waals surface area contributed by atoms with E-state index in [2.05, 4.69) is 110 Å². The van der Waals surface area contributed by atoms with E-state index in [0.717, 1.165) is 0 Å². The summed E-state index contributed by atoms with van der Waals surface area (Å²) in [6.45, 7) is 20.1. The van der Waals surface area contributed by atoms with Gasteiger partial charge in [0.1, 0.15) is 0 Å². The van der Waals surface area contributed by atoms with Crippen molar-refractivity contribution in [2.45, 2.75) is 138 Å². The summed E-state index contributed by atoms with van der Waals surface area (Å²) < 4.78 is 0. The van der Waals surface area contributed by atoms with Gasteiger partial charge in [-0.15, -0.1) is 0 Å². The van der Waals surface area contributed by atoms with Crippen molar-refractivity contribution in [3.8, 4) is 0 Å². The van der Waals surface area contributed by atoms with E-state index in [9.17, 15) is 0 Å². The Morgan fingerprint density at radius 1 is 0.636 bits per heavy atom. The highest BCUT2D eigenvalue weighted by Crippen LogP contribution is 2.30. The lowest BCUT2D eigenvalue weighted by atomic mass is 9.93. The molecule has 2 aliphatic heterocycles. The Kier molecular flexibility index (Phi) is 11.1. The molecule has 0 fully saturated rings. The fourth-order valence-electron chi connectivity index (χ4n) is 5.13. The van der Waals surface area contributed by atoms with Gasteiger partial charge in [0.15, 0.2) is 12.6 Å². The van der Waals surface area contributed by atoms with Gasteiger partial charge in [-0.3, -0.25) is 0 Å². The zero-order chi connectivity index (χ0) is 24.5. The molecule has 190 valence electrons. The van der Waals surface area contributed by atoms with Gasteiger partial charge < -0.3 is 19.6 Å². The highest BCUT2D eigenvalue weighted by Gasteiger charge is 2.39. The molecule has 0 aromatic carbocycles. The van der Waals surface area contributed by atoms with Gasteiger partial charge in [0, 0.05) is 49.0 Å². The molecule has 0 radical (unpaired) electrons. The Balaban J connectivity index is 0.00000187. The SMILES string of the molecule is CC.CC(C)N1C=CN(C(C)C)C1NC1N(C(C)C)C=CN1C(C)C1/C=C/CCCCCC1. The van der Waals surface area contributed by atoms with Crippen molar-refractivity contribution in [2.75, 3.05) is 0 Å². The van der Waals surface area contributed by atoms with Crippen LogP contribution in [0.5, 0.6) is 0 Å². The highest BCUT2D eigenvalue weighted by molar-refractivity contribution is 5.06. The Morgan fingerprint density at radius 2 is 1.09 bits per heavy atom. The van der Waals surface area contributed by atoms with E-state index < -0.39 is 0 Å². The van der Waals surface area contributed by atoms with Gasteiger partial charge in [-0.25, -0.2) is 5.32 Å². The summed E-state index contributed by atoms with van der Waals surface area (Å²) in [5, 5.41) is 4.04. The predicted octanol–water partition coefficient (Wildman–Crippen LogP) is 6.49. The molecule has 33 heavy (non-hydrogen) atoms. The summed E-state index contributed by atoms with van der Waals surface area (Å²) in [6.07, 6.45) is 22.4. The van der Waals surface area contributed by atoms with Crippen molar-refractivity contribution in [1.82, 2.24) is 24.9 Å². The Labute approximate surface area is 205 Å². The van der Waals surface area contributed by atoms with Crippen LogP contribution in [0.1, 0.15) is 101 Å². The number of rotatable bonds is 7. The van der Waals surface area contributed by atoms with Gasteiger partial charge in [-0.1, -0.05) is 45.3 Å². The summed E-state index contributed by atoms with van der Waals surface area (Å²) in [4.78, 5) is 9.94. The van der Waals surface area contributed by atoms with E-state index in [1.807, 2.05) is 13.8 Å². The van der Waals surface area contributed by atoms with Crippen molar-refractivity contribution in [1.29, 1.82) is 0 Å². The van der Waals surface area contributed by atoms with Crippen LogP contribution in [-0.4, -0.2) is 56.3 Å². The maximum absolute atomic E-state index is 4.04. The summed E-state index contributed by atoms with van der Waals surface area (Å²) >= 11 is 0. The molecule has 0 spiro atoms. The van der Waals surface area contributed by atoms with Crippen LogP contribution in [0.3, 0.4) is 0 Å². The molecule has 0 saturated heterocycles. The van der Waals surface area contributed by atoms with E-state index in [4.69, 9.17) is 0 Å². The monoisotopic (exact) mass is 459 g/mol. The molecule has 1 aliphatic carbocycles. The maximum Gasteiger partial charge on any atom is 0.160 e. The van der Waals surface area contributed by atoms with Crippen LogP contribution in [0.4, 0.5) is 0 Å². The van der Waals surface area contributed by atoms with Crippen molar-refractivity contribution >= 4 is 0 Å². The molecule has 0 bridgehead atoms. The van der Waals surface area contributed by atoms with E-state index in [1.165, 1.54) is 38.5 Å². The highest BCUT2D eigenvalue weighted by atomic mass is 15.6. The van der Waals surface area contributed by atoms with E-state index in [-0.39, 0.29) is 12.6 Å². The number of allylic oxidation sites excluding steroid dienone is 1. The number of hydrogen-bond donors (Lipinski definition) is 1. The largest absolute Gasteiger partial charge is 0.341 e. The van der Waals surface area contributed by atoms with Crippen molar-refractivity contribution in [3.63, 3.8) is 0 Å². The predicted molar refractivity (Wildman–Crippen MR) is 143 cm³/mol. The first kappa shape index (κ1) is 27.6. The maximum atomic E-state index is 4.04. The molecule has 5 nitrogen and oxygen atoms in total. The fraction of sp³-hybridized carbons (Fsp3) is 0.786. The molecular weight excluding hydrogens is 406 g/mol. The molecule has 0 aromatic heterocycles. The normalized spacial score (nSPS) is 26.1. The van der Waals surface area contributed by atoms with Crippen LogP contribution in [0.15, 0.2) is 37.0 Å². The lowest BCUT2D eigenvalue weighted by Gasteiger charge is -2.46. The van der Waals surface area contributed by atoms with Crippen LogP contribution in [0.2, 0.25) is 0 Å². The fourth-order valence-corrected chi connectivity index (χ4v) is 5.13. The van der Waals surface area contributed by atoms with Crippen LogP contribution in [0, 0.1) is 5.92 Å². The second-order valence-corrected chi connectivity index (χ2v) is 10.4. The van der Waals surface area contributed by atoms with Crippen molar-refractivity contribution < 1.29 is 0 Å². The van der Waals surface area contributed by atoms with Gasteiger partial charge >= 0.3 is 0 Å². The topological polar surface area (TPSA) is 25.0 Å². The zero-order valence-electron chi connectivity index (χ0n) is 23.0. The van der Waals surface area contributed by atoms with E-state index in [0.29, 0.717) is 30.1 Å². The van der Waals surface area contributed by atoms with Crippen LogP contribution in [-0.2, 0) is 0 Å². The summed E-state index contributed by atoms with van der Waals surface area (Å²) in [5.41, 5.74) is 0. The Morgan fingerprint density at radius 3 is 1.61 bits per heavy atom. The van der Waals surface area contributed by atoms with Gasteiger partial charge in [0.25, 0.3) is 0 Å². The average molecular weight is 460 g/mol. The second kappa shape index (κ2) is 13.3. The molecule has 0 saturated carbocycles. The molecule has 5 heteroatoms. The molecule has 1 N–H and O–H groups in total. The third-order valence-corrected chi connectivity index (χ3v) is 7.17. The van der Waals surface area contributed by atoms with Crippen LogP contribution in [0.25, 0.3) is 0 Å². The van der Waals surface area contributed by atoms with Crippen LogP contribution < -0.4 is 5.32 Å². The van der Waals surface area contributed by atoms with Gasteiger partial charge in [-0.05, 0) is 73.6 Å². The van der Waals surface area contributed by atoms with Crippen molar-refractivity contribution in [3.05, 3.63) is 37.0 Å². The molecule has 3 unspecified atom stereocenters. The minimum absolute atomic E-state index is 0.156. The first-order chi connectivity index (χ1) is 15.8. The summed E-state index contributed by atoms with van der Waals surface area (Å²) in [7, 11) is 0. The zero-order valence-corrected chi connectivity index (χ0v) is 23.0. The van der Waals surface area contributed by atoms with Crippen LogP contribution >= 0.6 is 0 Å². The molecule has 0 aromatic rings. The molecule has 0 amide bonds. The molecule has 3 aliphatic rings. The Hall–Kier alpha value is -1.62.